The van der Waals surface area contributed by atoms with Gasteiger partial charge in [-0.05, 0) is 43.4 Å². The lowest BCUT2D eigenvalue weighted by Gasteiger charge is -2.21. The summed E-state index contributed by atoms with van der Waals surface area (Å²) in [4.78, 5) is 6.70. The number of phenols is 1. The molecular formula is C16H25N3O. The van der Waals surface area contributed by atoms with Crippen LogP contribution in [-0.4, -0.2) is 29.1 Å². The molecule has 1 saturated heterocycles. The van der Waals surface area contributed by atoms with Gasteiger partial charge in [0.15, 0.2) is 5.96 Å². The number of aliphatic imine (C=N–C) groups is 1. The quantitative estimate of drug-likeness (QED) is 0.644. The minimum atomic E-state index is 0.373. The van der Waals surface area contributed by atoms with E-state index < -0.39 is 0 Å². The molecule has 1 heterocycles. The van der Waals surface area contributed by atoms with Crippen molar-refractivity contribution in [1.29, 1.82) is 0 Å². The van der Waals surface area contributed by atoms with Crippen molar-refractivity contribution in [1.82, 2.24) is 4.90 Å². The molecule has 1 aromatic rings. The van der Waals surface area contributed by atoms with Crippen LogP contribution in [0.2, 0.25) is 0 Å². The van der Waals surface area contributed by atoms with E-state index in [1.54, 1.807) is 0 Å². The molecule has 2 rings (SSSR count). The Morgan fingerprint density at radius 3 is 2.25 bits per heavy atom. The Morgan fingerprint density at radius 2 is 1.70 bits per heavy atom. The van der Waals surface area contributed by atoms with Crippen LogP contribution in [0, 0.1) is 13.8 Å². The number of hydrogen-bond acceptors (Lipinski definition) is 2. The average molecular weight is 275 g/mol. The third-order valence-electron chi connectivity index (χ3n) is 3.90. The molecule has 0 aliphatic carbocycles. The van der Waals surface area contributed by atoms with Crippen LogP contribution in [0.1, 0.15) is 42.4 Å². The van der Waals surface area contributed by atoms with Crippen LogP contribution in [0.25, 0.3) is 0 Å². The van der Waals surface area contributed by atoms with E-state index in [1.807, 2.05) is 26.0 Å². The lowest BCUT2D eigenvalue weighted by Crippen LogP contribution is -2.38. The lowest BCUT2D eigenvalue weighted by molar-refractivity contribution is 0.428. The van der Waals surface area contributed by atoms with Crippen LogP contribution < -0.4 is 5.73 Å². The van der Waals surface area contributed by atoms with E-state index >= 15 is 0 Å². The molecule has 20 heavy (non-hydrogen) atoms. The van der Waals surface area contributed by atoms with Gasteiger partial charge in [-0.2, -0.15) is 0 Å². The number of nitrogens with zero attached hydrogens (tertiary/aromatic N) is 2. The van der Waals surface area contributed by atoms with E-state index in [4.69, 9.17) is 5.73 Å². The summed E-state index contributed by atoms with van der Waals surface area (Å²) in [5.41, 5.74) is 8.98. The van der Waals surface area contributed by atoms with Gasteiger partial charge in [-0.1, -0.05) is 25.0 Å². The highest BCUT2D eigenvalue weighted by atomic mass is 16.3. The van der Waals surface area contributed by atoms with Gasteiger partial charge < -0.3 is 15.7 Å². The molecule has 0 atom stereocenters. The number of hydrogen-bond donors (Lipinski definition) is 2. The molecule has 110 valence electrons. The minimum absolute atomic E-state index is 0.373. The molecule has 3 N–H and O–H groups in total. The first-order valence-corrected chi connectivity index (χ1v) is 7.42. The number of likely N-dealkylation sites (tertiary alicyclic amines) is 1. The van der Waals surface area contributed by atoms with Crippen molar-refractivity contribution in [2.75, 3.05) is 13.1 Å². The Hall–Kier alpha value is -1.71. The summed E-state index contributed by atoms with van der Waals surface area (Å²) >= 11 is 0. The molecule has 1 aliphatic heterocycles. The molecule has 1 aliphatic rings. The first-order chi connectivity index (χ1) is 9.58. The first-order valence-electron chi connectivity index (χ1n) is 7.42. The third-order valence-corrected chi connectivity index (χ3v) is 3.90. The fourth-order valence-electron chi connectivity index (χ4n) is 2.71. The fourth-order valence-corrected chi connectivity index (χ4v) is 2.71. The van der Waals surface area contributed by atoms with E-state index in [-0.39, 0.29) is 0 Å². The zero-order valence-corrected chi connectivity index (χ0v) is 12.5. The van der Waals surface area contributed by atoms with Crippen LogP contribution >= 0.6 is 0 Å². The fraction of sp³-hybridized carbons (Fsp3) is 0.562. The van der Waals surface area contributed by atoms with Crippen LogP contribution in [-0.2, 0) is 6.54 Å². The maximum Gasteiger partial charge on any atom is 0.191 e. The van der Waals surface area contributed by atoms with Crippen molar-refractivity contribution in [3.8, 4) is 5.75 Å². The van der Waals surface area contributed by atoms with Crippen molar-refractivity contribution in [3.63, 3.8) is 0 Å². The Balaban J connectivity index is 2.04. The molecule has 0 spiro atoms. The van der Waals surface area contributed by atoms with Gasteiger partial charge in [0.2, 0.25) is 0 Å². The molecule has 0 radical (unpaired) electrons. The summed E-state index contributed by atoms with van der Waals surface area (Å²) in [5.74, 6) is 1.02. The topological polar surface area (TPSA) is 61.8 Å². The third kappa shape index (κ3) is 3.65. The summed E-state index contributed by atoms with van der Waals surface area (Å²) < 4.78 is 0. The largest absolute Gasteiger partial charge is 0.507 e. The van der Waals surface area contributed by atoms with Crippen LogP contribution in [0.3, 0.4) is 0 Å². The van der Waals surface area contributed by atoms with Crippen molar-refractivity contribution in [2.45, 2.75) is 46.1 Å². The Morgan fingerprint density at radius 1 is 1.15 bits per heavy atom. The standard InChI is InChI=1S/C16H25N3O/c1-12-9-14(10-13(2)15(12)20)11-18-16(17)19-7-5-3-4-6-8-19/h9-10,20H,3-8,11H2,1-2H3,(H2,17,18). The van der Waals surface area contributed by atoms with Crippen molar-refractivity contribution in [3.05, 3.63) is 28.8 Å². The van der Waals surface area contributed by atoms with Crippen molar-refractivity contribution in [2.24, 2.45) is 10.7 Å². The second kappa shape index (κ2) is 6.64. The smallest absolute Gasteiger partial charge is 0.191 e. The zero-order chi connectivity index (χ0) is 14.5. The Bertz CT molecular complexity index is 465. The van der Waals surface area contributed by atoms with Crippen LogP contribution in [0.5, 0.6) is 5.75 Å². The summed E-state index contributed by atoms with van der Waals surface area (Å²) in [5, 5.41) is 9.77. The number of phenolic OH excluding ortho intramolecular Hbond substituents is 1. The first kappa shape index (κ1) is 14.7. The highest BCUT2D eigenvalue weighted by Gasteiger charge is 2.11. The lowest BCUT2D eigenvalue weighted by atomic mass is 10.1. The van der Waals surface area contributed by atoms with E-state index in [9.17, 15) is 5.11 Å². The van der Waals surface area contributed by atoms with Gasteiger partial charge in [-0.15, -0.1) is 0 Å². The molecule has 0 amide bonds. The molecule has 4 nitrogen and oxygen atoms in total. The van der Waals surface area contributed by atoms with Crippen LogP contribution in [0.15, 0.2) is 17.1 Å². The number of aromatic hydroxyl groups is 1. The van der Waals surface area contributed by atoms with E-state index in [1.165, 1.54) is 25.7 Å². The summed E-state index contributed by atoms with van der Waals surface area (Å²) in [6.07, 6.45) is 4.99. The number of aryl methyl sites for hydroxylation is 2. The molecular weight excluding hydrogens is 250 g/mol. The van der Waals surface area contributed by atoms with Gasteiger partial charge in [0, 0.05) is 13.1 Å². The zero-order valence-electron chi connectivity index (χ0n) is 12.5. The van der Waals surface area contributed by atoms with Crippen LogP contribution in [0.4, 0.5) is 0 Å². The highest BCUT2D eigenvalue weighted by molar-refractivity contribution is 5.78. The summed E-state index contributed by atoms with van der Waals surface area (Å²) in [7, 11) is 0. The Labute approximate surface area is 121 Å². The highest BCUT2D eigenvalue weighted by Crippen LogP contribution is 2.23. The maximum atomic E-state index is 9.77. The number of guanidine groups is 1. The van der Waals surface area contributed by atoms with Gasteiger partial charge >= 0.3 is 0 Å². The van der Waals surface area contributed by atoms with Crippen molar-refractivity contribution < 1.29 is 5.11 Å². The minimum Gasteiger partial charge on any atom is -0.507 e. The summed E-state index contributed by atoms with van der Waals surface area (Å²) in [6, 6.07) is 3.95. The van der Waals surface area contributed by atoms with Crippen molar-refractivity contribution >= 4 is 5.96 Å². The molecule has 1 aromatic carbocycles. The molecule has 1 fully saturated rings. The normalized spacial score (nSPS) is 17.1. The molecule has 0 aromatic heterocycles. The molecule has 0 bridgehead atoms. The predicted octanol–water partition coefficient (Wildman–Crippen LogP) is 2.70. The van der Waals surface area contributed by atoms with Gasteiger partial charge in [0.05, 0.1) is 6.54 Å². The average Bonchev–Trinajstić information content (AvgIpc) is 2.71. The van der Waals surface area contributed by atoms with Gasteiger partial charge in [-0.3, -0.25) is 0 Å². The van der Waals surface area contributed by atoms with Gasteiger partial charge in [0.25, 0.3) is 0 Å². The molecule has 0 unspecified atom stereocenters. The number of benzene rings is 1. The second-order valence-electron chi connectivity index (χ2n) is 5.65. The second-order valence-corrected chi connectivity index (χ2v) is 5.65. The number of rotatable bonds is 2. The predicted molar refractivity (Wildman–Crippen MR) is 82.9 cm³/mol. The monoisotopic (exact) mass is 275 g/mol. The maximum absolute atomic E-state index is 9.77. The van der Waals surface area contributed by atoms with Gasteiger partial charge in [-0.25, -0.2) is 4.99 Å². The van der Waals surface area contributed by atoms with Gasteiger partial charge in [0.1, 0.15) is 5.75 Å². The van der Waals surface area contributed by atoms with E-state index in [2.05, 4.69) is 9.89 Å². The van der Waals surface area contributed by atoms with E-state index in [0.717, 1.165) is 29.8 Å². The van der Waals surface area contributed by atoms with E-state index in [0.29, 0.717) is 18.3 Å². The molecule has 4 heteroatoms. The molecule has 0 saturated carbocycles. The summed E-state index contributed by atoms with van der Waals surface area (Å²) in [6.45, 7) is 6.43. The SMILES string of the molecule is Cc1cc(CN=C(N)N2CCCCCC2)cc(C)c1O. The Kier molecular flexibility index (Phi) is 4.88. The number of nitrogens with two attached hydrogens (primary N) is 1.